The third-order valence-corrected chi connectivity index (χ3v) is 13.4. The second-order valence-electron chi connectivity index (χ2n) is 13.2. The van der Waals surface area contributed by atoms with Crippen molar-refractivity contribution in [3.8, 4) is 11.5 Å². The molecule has 2 heterocycles. The second kappa shape index (κ2) is 18.2. The Morgan fingerprint density at radius 3 is 1.52 bits per heavy atom. The zero-order valence-electron chi connectivity index (χ0n) is 29.5. The molecule has 0 radical (unpaired) electrons. The van der Waals surface area contributed by atoms with Gasteiger partial charge in [-0.25, -0.2) is 39.1 Å². The number of amides is 2. The Morgan fingerprint density at radius 1 is 0.655 bits per heavy atom. The van der Waals surface area contributed by atoms with Gasteiger partial charge in [0, 0.05) is 22.1 Å². The summed E-state index contributed by atoms with van der Waals surface area (Å²) >= 11 is 11.4. The van der Waals surface area contributed by atoms with Crippen molar-refractivity contribution >= 4 is 88.6 Å². The van der Waals surface area contributed by atoms with Crippen LogP contribution in [0.15, 0.2) is 60.7 Å². The first-order valence-electron chi connectivity index (χ1n) is 17.0. The minimum absolute atomic E-state index is 0. The SMILES string of the molecule is Cl.NC1COc2c(C(=O)Nc3ccc(F)c(Cl)c3)ccc(F)c21.O=C(Nc1ccc(F)c(Cl)c1)c1ccc(F)c2c1OCC2NS(=O)(=O)C1CC1.O=S(=O)(Cl)C1CC1. The van der Waals surface area contributed by atoms with Crippen LogP contribution in [-0.2, 0) is 19.1 Å². The zero-order chi connectivity index (χ0) is 41.4. The number of benzene rings is 4. The van der Waals surface area contributed by atoms with Crippen molar-refractivity contribution in [2.75, 3.05) is 23.8 Å². The maximum atomic E-state index is 14.4. The van der Waals surface area contributed by atoms with Crippen molar-refractivity contribution in [3.63, 3.8) is 0 Å². The molecule has 8 rings (SSSR count). The Bertz CT molecular complexity index is 2480. The van der Waals surface area contributed by atoms with Crippen LogP contribution < -0.4 is 30.6 Å². The predicted molar refractivity (Wildman–Crippen MR) is 212 cm³/mol. The Hall–Kier alpha value is -3.88. The van der Waals surface area contributed by atoms with Crippen molar-refractivity contribution < 1.29 is 53.5 Å². The van der Waals surface area contributed by atoms with Crippen LogP contribution in [0.2, 0.25) is 10.0 Å². The summed E-state index contributed by atoms with van der Waals surface area (Å²) in [7, 11) is -1.82. The smallest absolute Gasteiger partial charge is 0.259 e. The Kier molecular flexibility index (Phi) is 14.2. The van der Waals surface area contributed by atoms with E-state index in [1.165, 1.54) is 42.5 Å². The van der Waals surface area contributed by atoms with E-state index in [0.717, 1.165) is 31.0 Å². The number of hydrogen-bond acceptors (Lipinski definition) is 9. The van der Waals surface area contributed by atoms with Gasteiger partial charge in [0.05, 0.1) is 54.9 Å². The second-order valence-corrected chi connectivity index (χ2v) is 18.9. The Balaban J connectivity index is 0.000000190. The molecule has 0 spiro atoms. The summed E-state index contributed by atoms with van der Waals surface area (Å²) in [6.07, 6.45) is 2.65. The van der Waals surface area contributed by atoms with E-state index in [-0.39, 0.29) is 80.4 Å². The molecule has 2 saturated carbocycles. The molecule has 2 aliphatic heterocycles. The number of sulfonamides is 1. The first kappa shape index (κ1) is 45.2. The number of hydrogen-bond donors (Lipinski definition) is 4. The van der Waals surface area contributed by atoms with E-state index in [9.17, 15) is 44.0 Å². The number of anilines is 2. The van der Waals surface area contributed by atoms with Crippen LogP contribution in [0.1, 0.15) is 69.6 Å². The molecule has 2 aliphatic carbocycles. The Morgan fingerprint density at radius 2 is 1.09 bits per heavy atom. The molecule has 2 unspecified atom stereocenters. The van der Waals surface area contributed by atoms with Crippen LogP contribution in [0.3, 0.4) is 0 Å². The number of nitrogens with two attached hydrogens (primary N) is 1. The highest BCUT2D eigenvalue weighted by atomic mass is 35.7. The first-order valence-corrected chi connectivity index (χ1v) is 21.6. The van der Waals surface area contributed by atoms with Gasteiger partial charge in [-0.1, -0.05) is 23.2 Å². The number of carbonyl (C=O) groups is 2. The molecule has 2 fully saturated rings. The molecule has 5 N–H and O–H groups in total. The fourth-order valence-corrected chi connectivity index (χ4v) is 8.78. The highest BCUT2D eigenvalue weighted by molar-refractivity contribution is 8.14. The van der Waals surface area contributed by atoms with Gasteiger partial charge >= 0.3 is 0 Å². The molecule has 4 aromatic rings. The summed E-state index contributed by atoms with van der Waals surface area (Å²) < 4.78 is 112. The van der Waals surface area contributed by atoms with Gasteiger partial charge in [-0.2, -0.15) is 0 Å². The largest absolute Gasteiger partial charge is 0.490 e. The topological polar surface area (TPSA) is 183 Å². The van der Waals surface area contributed by atoms with Gasteiger partial charge in [-0.05, 0) is 86.3 Å². The molecule has 0 aromatic heterocycles. The van der Waals surface area contributed by atoms with Crippen LogP contribution in [0.25, 0.3) is 0 Å². The minimum atomic E-state index is -3.57. The molecular weight excluding hydrogens is 898 g/mol. The molecular formula is C36H32Cl4F4N4O8S2. The molecule has 58 heavy (non-hydrogen) atoms. The number of carbonyl (C=O) groups excluding carboxylic acids is 2. The number of nitrogens with one attached hydrogen (secondary N) is 3. The van der Waals surface area contributed by atoms with Crippen LogP contribution in [-0.4, -0.2) is 52.4 Å². The van der Waals surface area contributed by atoms with E-state index >= 15 is 0 Å². The third kappa shape index (κ3) is 10.6. The maximum absolute atomic E-state index is 14.4. The van der Waals surface area contributed by atoms with Gasteiger partial charge in [-0.15, -0.1) is 12.4 Å². The summed E-state index contributed by atoms with van der Waals surface area (Å²) in [5.41, 5.74) is 6.68. The lowest BCUT2D eigenvalue weighted by Gasteiger charge is -2.13. The fraction of sp³-hybridized carbons (Fsp3) is 0.278. The van der Waals surface area contributed by atoms with E-state index in [4.69, 9.17) is 49.1 Å². The van der Waals surface area contributed by atoms with Gasteiger partial charge in [-0.3, -0.25) is 9.59 Å². The Labute approximate surface area is 350 Å². The molecule has 4 aromatic carbocycles. The summed E-state index contributed by atoms with van der Waals surface area (Å²) in [6.45, 7) is -0.0101. The van der Waals surface area contributed by atoms with E-state index in [2.05, 4.69) is 15.4 Å². The molecule has 12 nitrogen and oxygen atoms in total. The zero-order valence-corrected chi connectivity index (χ0v) is 34.3. The molecule has 4 aliphatic rings. The molecule has 312 valence electrons. The molecule has 2 amide bonds. The standard InChI is InChI=1S/C18H15ClF2N2O4S.C15H11ClF2N2O2.C3H5ClO2S.ClH/c19-12-7-9(1-5-13(12)20)22-18(24)11-4-6-14(21)16-15(8-27-17(11)16)23-28(25,26)10-2-3-10;16-9-5-7(1-3-10(9)17)20-15(21)8-2-4-11(18)13-12(19)6-22-14(8)13;4-7(5,6)3-1-2-3;/h1,4-7,10,15,23H,2-3,8H2,(H,22,24);1-5,12H,6,19H2,(H,20,21);3H,1-2H2;1H. The number of fused-ring (bicyclic) bond motifs is 2. The summed E-state index contributed by atoms with van der Waals surface area (Å²) in [4.78, 5) is 24.9. The highest BCUT2D eigenvalue weighted by Gasteiger charge is 2.41. The average Bonchev–Trinajstić information content (AvgIpc) is 4.08. The van der Waals surface area contributed by atoms with Crippen molar-refractivity contribution in [2.24, 2.45) is 5.73 Å². The third-order valence-electron chi connectivity index (χ3n) is 8.84. The van der Waals surface area contributed by atoms with Crippen LogP contribution >= 0.6 is 46.3 Å². The van der Waals surface area contributed by atoms with Gasteiger partial charge in [0.15, 0.2) is 0 Å². The normalized spacial score (nSPS) is 17.7. The maximum Gasteiger partial charge on any atom is 0.259 e. The number of rotatable bonds is 8. The number of halogens is 8. The van der Waals surface area contributed by atoms with Gasteiger partial charge < -0.3 is 25.8 Å². The molecule has 0 saturated heterocycles. The molecule has 0 bridgehead atoms. The molecule has 22 heteroatoms. The summed E-state index contributed by atoms with van der Waals surface area (Å²) in [5.74, 6) is -3.42. The van der Waals surface area contributed by atoms with Crippen molar-refractivity contribution in [1.29, 1.82) is 0 Å². The minimum Gasteiger partial charge on any atom is -0.490 e. The number of ether oxygens (including phenoxy) is 2. The van der Waals surface area contributed by atoms with Gasteiger partial charge in [0.1, 0.15) is 48.0 Å². The van der Waals surface area contributed by atoms with E-state index in [1.807, 2.05) is 0 Å². The van der Waals surface area contributed by atoms with E-state index in [0.29, 0.717) is 18.5 Å². The predicted octanol–water partition coefficient (Wildman–Crippen LogP) is 7.79. The van der Waals surface area contributed by atoms with Crippen molar-refractivity contribution in [3.05, 3.63) is 116 Å². The van der Waals surface area contributed by atoms with Gasteiger partial charge in [0.2, 0.25) is 19.1 Å². The average molecular weight is 931 g/mol. The van der Waals surface area contributed by atoms with Crippen LogP contribution in [0.5, 0.6) is 11.5 Å². The highest BCUT2D eigenvalue weighted by Crippen LogP contribution is 2.40. The van der Waals surface area contributed by atoms with Crippen LogP contribution in [0, 0.1) is 23.3 Å². The van der Waals surface area contributed by atoms with Gasteiger partial charge in [0.25, 0.3) is 11.8 Å². The van der Waals surface area contributed by atoms with E-state index in [1.54, 1.807) is 0 Å². The summed E-state index contributed by atoms with van der Waals surface area (Å²) in [5, 5.41) is 4.15. The fourth-order valence-electron chi connectivity index (χ4n) is 5.66. The quantitative estimate of drug-likeness (QED) is 0.101. The van der Waals surface area contributed by atoms with Crippen molar-refractivity contribution in [2.45, 2.75) is 48.3 Å². The van der Waals surface area contributed by atoms with Crippen molar-refractivity contribution in [1.82, 2.24) is 4.72 Å². The lowest BCUT2D eigenvalue weighted by atomic mass is 10.0. The lowest BCUT2D eigenvalue weighted by Crippen LogP contribution is -2.32. The lowest BCUT2D eigenvalue weighted by molar-refractivity contribution is 0.101. The van der Waals surface area contributed by atoms with Crippen LogP contribution in [0.4, 0.5) is 28.9 Å². The molecule has 2 atom stereocenters. The summed E-state index contributed by atoms with van der Waals surface area (Å²) in [6, 6.07) is 10.8. The monoisotopic (exact) mass is 928 g/mol. The first-order chi connectivity index (χ1) is 26.8. The van der Waals surface area contributed by atoms with E-state index < -0.39 is 71.5 Å².